The molecule has 0 aliphatic rings. The first-order valence-electron chi connectivity index (χ1n) is 5.98. The summed E-state index contributed by atoms with van der Waals surface area (Å²) in [5, 5.41) is 0. The Bertz CT molecular complexity index is 584. The van der Waals surface area contributed by atoms with Crippen molar-refractivity contribution in [1.29, 1.82) is 0 Å². The van der Waals surface area contributed by atoms with Gasteiger partial charge in [0.1, 0.15) is 0 Å². The highest BCUT2D eigenvalue weighted by Crippen LogP contribution is 2.40. The van der Waals surface area contributed by atoms with Crippen LogP contribution in [0.2, 0.25) is 0 Å². The van der Waals surface area contributed by atoms with Gasteiger partial charge in [-0.2, -0.15) is 0 Å². The van der Waals surface area contributed by atoms with E-state index in [1.54, 1.807) is 0 Å². The summed E-state index contributed by atoms with van der Waals surface area (Å²) in [6, 6.07) is 10.9. The number of alkyl halides is 1. The van der Waals surface area contributed by atoms with Gasteiger partial charge < -0.3 is 0 Å². The number of thiophene rings is 1. The molecule has 19 heavy (non-hydrogen) atoms. The van der Waals surface area contributed by atoms with Gasteiger partial charge in [0.05, 0.1) is 4.83 Å². The van der Waals surface area contributed by atoms with E-state index in [0.29, 0.717) is 0 Å². The van der Waals surface area contributed by atoms with Crippen molar-refractivity contribution in [3.05, 3.63) is 53.7 Å². The largest absolute Gasteiger partial charge is 0.143 e. The Labute approximate surface area is 149 Å². The molecule has 0 spiro atoms. The fourth-order valence-electron chi connectivity index (χ4n) is 1.75. The molecule has 0 bridgehead atoms. The predicted octanol–water partition coefficient (Wildman–Crippen LogP) is 6.90. The van der Waals surface area contributed by atoms with Crippen LogP contribution >= 0.6 is 65.8 Å². The third kappa shape index (κ3) is 3.83. The molecule has 0 amide bonds. The zero-order chi connectivity index (χ0) is 14.2. The lowest BCUT2D eigenvalue weighted by Gasteiger charge is -2.16. The molecule has 0 fully saturated rings. The summed E-state index contributed by atoms with van der Waals surface area (Å²) in [6.45, 7) is 6.78. The van der Waals surface area contributed by atoms with E-state index in [9.17, 15) is 0 Å². The number of halogens is 3. The number of rotatable bonds is 2. The summed E-state index contributed by atoms with van der Waals surface area (Å²) < 4.78 is 2.41. The van der Waals surface area contributed by atoms with E-state index in [4.69, 9.17) is 0 Å². The van der Waals surface area contributed by atoms with Gasteiger partial charge in [0, 0.05) is 17.8 Å². The van der Waals surface area contributed by atoms with E-state index in [0.717, 1.165) is 4.47 Å². The normalized spacial score (nSPS) is 13.6. The molecule has 1 aromatic heterocycles. The van der Waals surface area contributed by atoms with Crippen molar-refractivity contribution in [2.45, 2.75) is 31.0 Å². The second kappa shape index (κ2) is 6.16. The average Bonchev–Trinajstić information content (AvgIpc) is 2.80. The molecule has 4 heteroatoms. The van der Waals surface area contributed by atoms with Crippen LogP contribution in [0.1, 0.15) is 40.9 Å². The maximum atomic E-state index is 3.84. The number of benzene rings is 1. The molecule has 0 N–H and O–H groups in total. The minimum Gasteiger partial charge on any atom is -0.143 e. The van der Waals surface area contributed by atoms with Crippen molar-refractivity contribution in [3.63, 3.8) is 0 Å². The Morgan fingerprint density at radius 1 is 1.16 bits per heavy atom. The number of hydrogen-bond acceptors (Lipinski definition) is 1. The highest BCUT2D eigenvalue weighted by Gasteiger charge is 2.20. The monoisotopic (exact) mass is 512 g/mol. The van der Waals surface area contributed by atoms with Gasteiger partial charge in [-0.15, -0.1) is 11.3 Å². The highest BCUT2D eigenvalue weighted by molar-refractivity contribution is 14.1. The van der Waals surface area contributed by atoms with Gasteiger partial charge in [-0.05, 0) is 63.9 Å². The smallest absolute Gasteiger partial charge is 0.0748 e. The molecule has 0 nitrogen and oxygen atoms in total. The van der Waals surface area contributed by atoms with Crippen LogP contribution in [0.5, 0.6) is 0 Å². The quantitative estimate of drug-likeness (QED) is 0.303. The minimum absolute atomic E-state index is 0.222. The zero-order valence-electron chi connectivity index (χ0n) is 11.0. The van der Waals surface area contributed by atoms with Gasteiger partial charge in [0.15, 0.2) is 0 Å². The van der Waals surface area contributed by atoms with Gasteiger partial charge in [0.25, 0.3) is 0 Å². The molecular weight excluding hydrogens is 499 g/mol. The summed E-state index contributed by atoms with van der Waals surface area (Å²) in [5.74, 6) is 0. The van der Waals surface area contributed by atoms with Gasteiger partial charge >= 0.3 is 0 Å². The molecule has 1 aromatic carbocycles. The van der Waals surface area contributed by atoms with Crippen LogP contribution in [0.4, 0.5) is 0 Å². The summed E-state index contributed by atoms with van der Waals surface area (Å²) in [7, 11) is 0. The van der Waals surface area contributed by atoms with Crippen LogP contribution in [0.15, 0.2) is 34.8 Å². The van der Waals surface area contributed by atoms with Crippen LogP contribution in [0, 0.1) is 3.57 Å². The summed E-state index contributed by atoms with van der Waals surface area (Å²) >= 11 is 11.7. The Hall–Kier alpha value is 0.610. The summed E-state index contributed by atoms with van der Waals surface area (Å²) in [4.78, 5) is 3.05. The molecule has 0 saturated carbocycles. The third-order valence-electron chi connectivity index (χ3n) is 2.85. The van der Waals surface area contributed by atoms with Crippen LogP contribution in [-0.2, 0) is 5.41 Å². The zero-order valence-corrected chi connectivity index (χ0v) is 17.2. The van der Waals surface area contributed by atoms with Gasteiger partial charge in [0.2, 0.25) is 0 Å². The van der Waals surface area contributed by atoms with E-state index in [1.807, 2.05) is 11.3 Å². The van der Waals surface area contributed by atoms with Crippen LogP contribution in [0.3, 0.4) is 0 Å². The molecule has 0 saturated heterocycles. The van der Waals surface area contributed by atoms with Crippen LogP contribution < -0.4 is 0 Å². The lowest BCUT2D eigenvalue weighted by atomic mass is 9.95. The predicted molar refractivity (Wildman–Crippen MR) is 101 cm³/mol. The SMILES string of the molecule is CC(C)(C)c1ccc(C(Br)c2cc(Br)ccc2I)s1. The number of hydrogen-bond donors (Lipinski definition) is 0. The second-order valence-electron chi connectivity index (χ2n) is 5.48. The van der Waals surface area contributed by atoms with E-state index < -0.39 is 0 Å². The van der Waals surface area contributed by atoms with Gasteiger partial charge in [-0.1, -0.05) is 52.6 Å². The molecule has 2 aromatic rings. The molecule has 1 heterocycles. The van der Waals surface area contributed by atoms with Crippen molar-refractivity contribution < 1.29 is 0 Å². The van der Waals surface area contributed by atoms with Crippen molar-refractivity contribution >= 4 is 65.8 Å². The van der Waals surface area contributed by atoms with Crippen LogP contribution in [0.25, 0.3) is 0 Å². The van der Waals surface area contributed by atoms with E-state index in [2.05, 4.69) is 106 Å². The van der Waals surface area contributed by atoms with Crippen molar-refractivity contribution in [1.82, 2.24) is 0 Å². The summed E-state index contributed by atoms with van der Waals surface area (Å²) in [6.07, 6.45) is 0. The maximum Gasteiger partial charge on any atom is 0.0748 e. The van der Waals surface area contributed by atoms with Gasteiger partial charge in [-0.3, -0.25) is 0 Å². The van der Waals surface area contributed by atoms with E-state index in [1.165, 1.54) is 18.9 Å². The molecule has 1 atom stereocenters. The molecule has 102 valence electrons. The highest BCUT2D eigenvalue weighted by atomic mass is 127. The fraction of sp³-hybridized carbons (Fsp3) is 0.333. The molecule has 0 aliphatic heterocycles. The molecule has 0 aliphatic carbocycles. The Kier molecular flexibility index (Phi) is 5.18. The molecule has 1 unspecified atom stereocenters. The molecule has 0 radical (unpaired) electrons. The maximum absolute atomic E-state index is 3.84. The summed E-state index contributed by atoms with van der Waals surface area (Å²) in [5.41, 5.74) is 1.54. The lowest BCUT2D eigenvalue weighted by molar-refractivity contribution is 0.604. The van der Waals surface area contributed by atoms with Crippen molar-refractivity contribution in [3.8, 4) is 0 Å². The average molecular weight is 514 g/mol. The fourth-order valence-corrected chi connectivity index (χ4v) is 5.08. The first kappa shape index (κ1) is 16.0. The Morgan fingerprint density at radius 3 is 2.42 bits per heavy atom. The lowest BCUT2D eigenvalue weighted by Crippen LogP contribution is -2.07. The minimum atomic E-state index is 0.222. The Morgan fingerprint density at radius 2 is 1.84 bits per heavy atom. The molecule has 2 rings (SSSR count). The standard InChI is InChI=1S/C15H15Br2IS/c1-15(2,3)13-7-6-12(19-13)14(17)10-8-9(16)4-5-11(10)18/h4-8,14H,1-3H3. The van der Waals surface area contributed by atoms with Crippen molar-refractivity contribution in [2.24, 2.45) is 0 Å². The van der Waals surface area contributed by atoms with Crippen LogP contribution in [-0.4, -0.2) is 0 Å². The first-order chi connectivity index (χ1) is 8.79. The molecular formula is C15H15Br2IS. The topological polar surface area (TPSA) is 0 Å². The van der Waals surface area contributed by atoms with Gasteiger partial charge in [-0.25, -0.2) is 0 Å². The third-order valence-corrected chi connectivity index (χ3v) is 7.19. The second-order valence-corrected chi connectivity index (χ2v) is 9.59. The first-order valence-corrected chi connectivity index (χ1v) is 9.58. The van der Waals surface area contributed by atoms with Crippen molar-refractivity contribution in [2.75, 3.05) is 0 Å². The van der Waals surface area contributed by atoms with E-state index >= 15 is 0 Å². The Balaban J connectivity index is 2.36. The van der Waals surface area contributed by atoms with E-state index in [-0.39, 0.29) is 10.2 Å².